The zero-order chi connectivity index (χ0) is 10.3. The summed E-state index contributed by atoms with van der Waals surface area (Å²) in [6.45, 7) is 0. The molecule has 0 atom stereocenters. The molecule has 72 valence electrons. The second kappa shape index (κ2) is 3.09. The third kappa shape index (κ3) is 1.29. The lowest BCUT2D eigenvalue weighted by Gasteiger charge is -1.94. The highest BCUT2D eigenvalue weighted by Gasteiger charge is 2.10. The lowest BCUT2D eigenvalue weighted by molar-refractivity contribution is 0.0996. The van der Waals surface area contributed by atoms with Crippen LogP contribution in [-0.4, -0.2) is 10.9 Å². The van der Waals surface area contributed by atoms with Gasteiger partial charge in [0.05, 0.1) is 5.52 Å². The second-order valence-corrected chi connectivity index (χ2v) is 3.72. The number of nitrogens with one attached hydrogen (secondary N) is 1. The van der Waals surface area contributed by atoms with Crippen LogP contribution in [0.15, 0.2) is 22.7 Å². The molecule has 0 aliphatic carbocycles. The minimum absolute atomic E-state index is 0.200. The molecule has 2 aromatic rings. The molecule has 0 bridgehead atoms. The zero-order valence-corrected chi connectivity index (χ0v) is 8.56. The highest BCUT2D eigenvalue weighted by atomic mass is 79.9. The number of nitrogens with two attached hydrogens (primary N) is 1. The van der Waals surface area contributed by atoms with Crippen LogP contribution in [0.1, 0.15) is 10.5 Å². The quantitative estimate of drug-likeness (QED) is 0.808. The van der Waals surface area contributed by atoms with Crippen molar-refractivity contribution in [3.05, 3.63) is 34.2 Å². The number of rotatable bonds is 1. The van der Waals surface area contributed by atoms with Crippen molar-refractivity contribution in [3.8, 4) is 0 Å². The number of carbonyl (C=O) groups excluding carboxylic acids is 1. The van der Waals surface area contributed by atoms with Crippen LogP contribution in [0.4, 0.5) is 4.39 Å². The number of aromatic nitrogens is 1. The van der Waals surface area contributed by atoms with Crippen LogP contribution in [0, 0.1) is 5.82 Å². The Bertz CT molecular complexity index is 482. The number of fused-ring (bicyclic) bond motifs is 1. The third-order valence-corrected chi connectivity index (χ3v) is 2.62. The Balaban J connectivity index is 2.82. The van der Waals surface area contributed by atoms with Crippen molar-refractivity contribution in [1.82, 2.24) is 4.98 Å². The van der Waals surface area contributed by atoms with E-state index in [4.69, 9.17) is 5.73 Å². The summed E-state index contributed by atoms with van der Waals surface area (Å²) in [5.41, 5.74) is 5.81. The first kappa shape index (κ1) is 9.21. The highest BCUT2D eigenvalue weighted by Crippen LogP contribution is 2.26. The van der Waals surface area contributed by atoms with Gasteiger partial charge in [0.15, 0.2) is 0 Å². The summed E-state index contributed by atoms with van der Waals surface area (Å²) in [5.74, 6) is -0.987. The van der Waals surface area contributed by atoms with Crippen molar-refractivity contribution < 1.29 is 9.18 Å². The van der Waals surface area contributed by atoms with Crippen molar-refractivity contribution in [2.75, 3.05) is 0 Å². The van der Waals surface area contributed by atoms with E-state index in [0.717, 1.165) is 0 Å². The van der Waals surface area contributed by atoms with Crippen LogP contribution in [0.25, 0.3) is 10.9 Å². The van der Waals surface area contributed by atoms with Gasteiger partial charge >= 0.3 is 0 Å². The molecule has 1 aromatic carbocycles. The normalized spacial score (nSPS) is 10.7. The molecule has 1 amide bonds. The van der Waals surface area contributed by atoms with Crippen molar-refractivity contribution in [1.29, 1.82) is 0 Å². The van der Waals surface area contributed by atoms with Crippen LogP contribution >= 0.6 is 15.9 Å². The number of hydrogen-bond acceptors (Lipinski definition) is 1. The second-order valence-electron chi connectivity index (χ2n) is 2.87. The van der Waals surface area contributed by atoms with Crippen LogP contribution < -0.4 is 5.73 Å². The molecule has 0 aliphatic rings. The highest BCUT2D eigenvalue weighted by molar-refractivity contribution is 9.10. The maximum absolute atomic E-state index is 13.3. The SMILES string of the molecule is NC(=O)c1cc2c(F)ccc(Br)c2[nH]1. The number of hydrogen-bond donors (Lipinski definition) is 2. The summed E-state index contributed by atoms with van der Waals surface area (Å²) in [6.07, 6.45) is 0. The summed E-state index contributed by atoms with van der Waals surface area (Å²) >= 11 is 3.24. The Labute approximate surface area is 87.2 Å². The van der Waals surface area contributed by atoms with E-state index in [2.05, 4.69) is 20.9 Å². The number of aromatic amines is 1. The lowest BCUT2D eigenvalue weighted by atomic mass is 10.2. The van der Waals surface area contributed by atoms with Crippen LogP contribution in [0.5, 0.6) is 0 Å². The van der Waals surface area contributed by atoms with E-state index in [9.17, 15) is 9.18 Å². The molecule has 0 fully saturated rings. The number of carbonyl (C=O) groups is 1. The van der Waals surface area contributed by atoms with Gasteiger partial charge in [-0.15, -0.1) is 0 Å². The summed E-state index contributed by atoms with van der Waals surface area (Å²) in [7, 11) is 0. The predicted molar refractivity (Wildman–Crippen MR) is 54.5 cm³/mol. The average molecular weight is 257 g/mol. The molecular formula is C9H6BrFN2O. The van der Waals surface area contributed by atoms with Crippen molar-refractivity contribution >= 4 is 32.7 Å². The number of H-pyrrole nitrogens is 1. The molecule has 0 saturated carbocycles. The Morgan fingerprint density at radius 3 is 2.79 bits per heavy atom. The van der Waals surface area contributed by atoms with Gasteiger partial charge in [-0.2, -0.15) is 0 Å². The van der Waals surface area contributed by atoms with Crippen molar-refractivity contribution in [2.24, 2.45) is 5.73 Å². The predicted octanol–water partition coefficient (Wildman–Crippen LogP) is 2.17. The molecule has 0 spiro atoms. The Kier molecular flexibility index (Phi) is 2.03. The van der Waals surface area contributed by atoms with Gasteiger partial charge < -0.3 is 10.7 Å². The molecule has 3 nitrogen and oxygen atoms in total. The van der Waals surface area contributed by atoms with Crippen molar-refractivity contribution in [3.63, 3.8) is 0 Å². The fraction of sp³-hybridized carbons (Fsp3) is 0. The molecule has 0 aliphatic heterocycles. The third-order valence-electron chi connectivity index (χ3n) is 1.96. The van der Waals surface area contributed by atoms with Gasteiger partial charge in [0.2, 0.25) is 0 Å². The topological polar surface area (TPSA) is 58.9 Å². The summed E-state index contributed by atoms with van der Waals surface area (Å²) in [5, 5.41) is 0.355. The number of amides is 1. The summed E-state index contributed by atoms with van der Waals surface area (Å²) in [4.78, 5) is 13.6. The van der Waals surface area contributed by atoms with E-state index < -0.39 is 5.91 Å². The van der Waals surface area contributed by atoms with Gasteiger partial charge in [-0.05, 0) is 34.1 Å². The van der Waals surface area contributed by atoms with Crippen LogP contribution in [0.3, 0.4) is 0 Å². The Morgan fingerprint density at radius 2 is 2.21 bits per heavy atom. The number of benzene rings is 1. The van der Waals surface area contributed by atoms with Gasteiger partial charge in [0.25, 0.3) is 5.91 Å². The molecular weight excluding hydrogens is 251 g/mol. The van der Waals surface area contributed by atoms with Gasteiger partial charge in [0.1, 0.15) is 11.5 Å². The smallest absolute Gasteiger partial charge is 0.265 e. The molecule has 1 aromatic heterocycles. The molecule has 0 unspecified atom stereocenters. The summed E-state index contributed by atoms with van der Waals surface area (Å²) in [6, 6.07) is 4.29. The lowest BCUT2D eigenvalue weighted by Crippen LogP contribution is -2.10. The van der Waals surface area contributed by atoms with Gasteiger partial charge in [0, 0.05) is 9.86 Å². The maximum atomic E-state index is 13.3. The first-order chi connectivity index (χ1) is 6.59. The fourth-order valence-electron chi connectivity index (χ4n) is 1.28. The van der Waals surface area contributed by atoms with E-state index in [1.54, 1.807) is 6.07 Å². The van der Waals surface area contributed by atoms with E-state index in [1.165, 1.54) is 12.1 Å². The first-order valence-corrected chi connectivity index (χ1v) is 4.65. The number of primary amides is 1. The minimum atomic E-state index is -0.604. The van der Waals surface area contributed by atoms with Gasteiger partial charge in [-0.3, -0.25) is 4.79 Å². The van der Waals surface area contributed by atoms with E-state index in [0.29, 0.717) is 15.4 Å². The molecule has 14 heavy (non-hydrogen) atoms. The maximum Gasteiger partial charge on any atom is 0.265 e. The van der Waals surface area contributed by atoms with E-state index in [-0.39, 0.29) is 11.5 Å². The van der Waals surface area contributed by atoms with Crippen LogP contribution in [-0.2, 0) is 0 Å². The molecule has 2 rings (SSSR count). The molecule has 5 heteroatoms. The molecule has 3 N–H and O–H groups in total. The molecule has 0 radical (unpaired) electrons. The van der Waals surface area contributed by atoms with E-state index in [1.807, 2.05) is 0 Å². The first-order valence-electron chi connectivity index (χ1n) is 3.86. The molecule has 1 heterocycles. The van der Waals surface area contributed by atoms with Gasteiger partial charge in [-0.25, -0.2) is 4.39 Å². The summed E-state index contributed by atoms with van der Waals surface area (Å²) < 4.78 is 13.9. The van der Waals surface area contributed by atoms with Crippen molar-refractivity contribution in [2.45, 2.75) is 0 Å². The Hall–Kier alpha value is -1.36. The van der Waals surface area contributed by atoms with E-state index >= 15 is 0 Å². The fourth-order valence-corrected chi connectivity index (χ4v) is 1.73. The largest absolute Gasteiger partial charge is 0.364 e. The number of halogens is 2. The van der Waals surface area contributed by atoms with Gasteiger partial charge in [-0.1, -0.05) is 0 Å². The monoisotopic (exact) mass is 256 g/mol. The average Bonchev–Trinajstić information content (AvgIpc) is 2.57. The van der Waals surface area contributed by atoms with Crippen LogP contribution in [0.2, 0.25) is 0 Å². The molecule has 0 saturated heterocycles. The minimum Gasteiger partial charge on any atom is -0.364 e. The zero-order valence-electron chi connectivity index (χ0n) is 6.97. The Morgan fingerprint density at radius 1 is 1.50 bits per heavy atom. The standard InChI is InChI=1S/C9H6BrFN2O/c10-5-1-2-6(11)4-3-7(9(12)14)13-8(4)5/h1-3,13H,(H2,12,14).